The lowest BCUT2D eigenvalue weighted by molar-refractivity contribution is 0.173. The third-order valence-corrected chi connectivity index (χ3v) is 3.13. The second-order valence-corrected chi connectivity index (χ2v) is 6.12. The van der Waals surface area contributed by atoms with Crippen LogP contribution >= 0.6 is 0 Å². The molecule has 2 aromatic carbocycles. The van der Waals surface area contributed by atoms with E-state index >= 15 is 0 Å². The summed E-state index contributed by atoms with van der Waals surface area (Å²) in [6, 6.07) is 20.5. The fraction of sp³-hybridized carbons (Fsp3) is 0.478. The average Bonchev–Trinajstić information content (AvgIpc) is 3.60. The molecule has 148 valence electrons. The third-order valence-electron chi connectivity index (χ3n) is 3.13. The molecule has 1 heterocycles. The molecule has 0 bridgehead atoms. The smallest absolute Gasteiger partial charge is 0.0372 e. The number of fused-ring (bicyclic) bond motifs is 1. The van der Waals surface area contributed by atoms with Gasteiger partial charge in [0, 0.05) is 20.2 Å². The first-order valence-electron chi connectivity index (χ1n) is 9.98. The molecular weight excluding hydrogens is 320 g/mol. The highest BCUT2D eigenvalue weighted by Crippen LogP contribution is 2.20. The zero-order valence-corrected chi connectivity index (χ0v) is 16.9. The Kier molecular flexibility index (Phi) is 18.1. The second kappa shape index (κ2) is 19.5. The largest absolute Gasteiger partial charge is 0.385 e. The van der Waals surface area contributed by atoms with Gasteiger partial charge in [-0.3, -0.25) is 0 Å². The number of rotatable bonds is 1. The van der Waals surface area contributed by atoms with Crippen molar-refractivity contribution in [2.75, 3.05) is 18.4 Å². The van der Waals surface area contributed by atoms with E-state index in [0.717, 1.165) is 6.54 Å². The number of anilines is 1. The summed E-state index contributed by atoms with van der Waals surface area (Å²) >= 11 is 0. The Morgan fingerprint density at radius 1 is 0.846 bits per heavy atom. The van der Waals surface area contributed by atoms with Crippen molar-refractivity contribution in [2.45, 2.75) is 59.3 Å². The normalized spacial score (nSPS) is 12.5. The molecule has 2 aromatic rings. The molecule has 0 atom stereocenters. The van der Waals surface area contributed by atoms with Gasteiger partial charge in [0.25, 0.3) is 0 Å². The molecule has 3 N–H and O–H groups in total. The molecule has 1 fully saturated rings. The van der Waals surface area contributed by atoms with E-state index in [1.54, 1.807) is 0 Å². The number of nitrogens with one attached hydrogen (secondary N) is 2. The molecule has 0 aromatic heterocycles. The highest BCUT2D eigenvalue weighted by Gasteiger charge is 2.04. The van der Waals surface area contributed by atoms with Crippen LogP contribution in [0.2, 0.25) is 0 Å². The summed E-state index contributed by atoms with van der Waals surface area (Å²) in [5.74, 6) is 0. The van der Waals surface area contributed by atoms with Gasteiger partial charge in [-0.1, -0.05) is 101 Å². The second-order valence-electron chi connectivity index (χ2n) is 6.12. The zero-order valence-electron chi connectivity index (χ0n) is 16.9. The monoisotopic (exact) mass is 360 g/mol. The summed E-state index contributed by atoms with van der Waals surface area (Å²) in [5.41, 5.74) is 4.72. The predicted octanol–water partition coefficient (Wildman–Crippen LogP) is 6.55. The minimum atomic E-state index is 0. The van der Waals surface area contributed by atoms with Crippen molar-refractivity contribution in [2.24, 2.45) is 0 Å². The van der Waals surface area contributed by atoms with Crippen molar-refractivity contribution < 1.29 is 6.63 Å². The Morgan fingerprint density at radius 3 is 1.69 bits per heavy atom. The number of aryl methyl sites for hydroxylation is 1. The third kappa shape index (κ3) is 17.0. The molecule has 1 saturated carbocycles. The lowest BCUT2D eigenvalue weighted by Gasteiger charge is -2.16. The number of para-hydroxylation sites is 1. The summed E-state index contributed by atoms with van der Waals surface area (Å²) in [6.07, 6.45) is 8.26. The van der Waals surface area contributed by atoms with Gasteiger partial charge in [-0.2, -0.15) is 0 Å². The Bertz CT molecular complexity index is 450. The Balaban J connectivity index is 0. The van der Waals surface area contributed by atoms with E-state index in [1.165, 1.54) is 49.8 Å². The highest BCUT2D eigenvalue weighted by molar-refractivity contribution is 5.52. The maximum absolute atomic E-state index is 7.62. The van der Waals surface area contributed by atoms with Crippen LogP contribution < -0.4 is 10.8 Å². The molecule has 2 aliphatic rings. The first-order chi connectivity index (χ1) is 12.8. The Hall–Kier alpha value is -1.84. The van der Waals surface area contributed by atoms with Gasteiger partial charge in [0.05, 0.1) is 0 Å². The van der Waals surface area contributed by atoms with Crippen molar-refractivity contribution >= 4 is 5.69 Å². The molecule has 0 saturated heterocycles. The summed E-state index contributed by atoms with van der Waals surface area (Å²) in [5, 5.41) is 11.0. The molecule has 0 unspecified atom stereocenters. The van der Waals surface area contributed by atoms with E-state index in [0.29, 0.717) is 6.54 Å². The van der Waals surface area contributed by atoms with Gasteiger partial charge in [0.15, 0.2) is 0 Å². The quantitative estimate of drug-likeness (QED) is 0.505. The zero-order chi connectivity index (χ0) is 19.3. The van der Waals surface area contributed by atoms with Gasteiger partial charge in [-0.25, -0.2) is 5.48 Å². The maximum Gasteiger partial charge on any atom is 0.0372 e. The molecule has 4 rings (SSSR count). The molecule has 0 radical (unpaired) electrons. The van der Waals surface area contributed by atoms with E-state index in [-0.39, 0.29) is 1.43 Å². The molecular formula is C23H40N2O. The van der Waals surface area contributed by atoms with E-state index < -0.39 is 0 Å². The van der Waals surface area contributed by atoms with Gasteiger partial charge in [-0.15, -0.1) is 0 Å². The summed E-state index contributed by atoms with van der Waals surface area (Å²) in [7, 11) is 0. The van der Waals surface area contributed by atoms with E-state index in [1.807, 2.05) is 48.8 Å². The van der Waals surface area contributed by atoms with Crippen LogP contribution in [0.3, 0.4) is 0 Å². The van der Waals surface area contributed by atoms with Crippen LogP contribution in [-0.2, 0) is 6.42 Å². The number of hydroxylamine groups is 1. The van der Waals surface area contributed by atoms with Crippen LogP contribution in [0.25, 0.3) is 0 Å². The van der Waals surface area contributed by atoms with Gasteiger partial charge in [0.1, 0.15) is 0 Å². The Morgan fingerprint density at radius 2 is 1.31 bits per heavy atom. The summed E-state index contributed by atoms with van der Waals surface area (Å²) in [6.45, 7) is 7.83. The van der Waals surface area contributed by atoms with Crippen LogP contribution in [0, 0.1) is 0 Å². The molecule has 26 heavy (non-hydrogen) atoms. The van der Waals surface area contributed by atoms with Gasteiger partial charge in [0.2, 0.25) is 0 Å². The van der Waals surface area contributed by atoms with Gasteiger partial charge >= 0.3 is 0 Å². The lowest BCUT2D eigenvalue weighted by atomic mass is 10.0. The number of hydrogen-bond acceptors (Lipinski definition) is 3. The predicted molar refractivity (Wildman–Crippen MR) is 117 cm³/mol. The fourth-order valence-corrected chi connectivity index (χ4v) is 1.80. The van der Waals surface area contributed by atoms with Crippen LogP contribution in [0.4, 0.5) is 5.69 Å². The standard InChI is InChI=1S/C9H11N.C6H6.C3H6.C3H8.C2H7NO.H2/c1-2-6-9-8(4-1)5-3-7-10-9;1-2-4-6-5-3-1;1-2-3-1;1-3-2;1-2-3-4;/h1-2,4,6,10H,3,5,7H2;1-6H;1-3H2;3H2,1-2H3;3-4H,2H2,1H3;1H. The van der Waals surface area contributed by atoms with E-state index in [4.69, 9.17) is 5.21 Å². The molecule has 0 spiro atoms. The van der Waals surface area contributed by atoms with Crippen molar-refractivity contribution in [1.82, 2.24) is 5.48 Å². The minimum absolute atomic E-state index is 0. The number of benzene rings is 2. The van der Waals surface area contributed by atoms with E-state index in [2.05, 4.69) is 43.4 Å². The van der Waals surface area contributed by atoms with Gasteiger partial charge < -0.3 is 10.5 Å². The fourth-order valence-electron chi connectivity index (χ4n) is 1.80. The number of hydrogen-bond donors (Lipinski definition) is 3. The first kappa shape index (κ1) is 24.2. The lowest BCUT2D eigenvalue weighted by Crippen LogP contribution is -2.10. The summed E-state index contributed by atoms with van der Waals surface area (Å²) < 4.78 is 0. The molecule has 0 amide bonds. The van der Waals surface area contributed by atoms with Crippen LogP contribution in [-0.4, -0.2) is 18.3 Å². The highest BCUT2D eigenvalue weighted by atomic mass is 16.5. The molecule has 3 heteroatoms. The molecule has 3 nitrogen and oxygen atoms in total. The average molecular weight is 361 g/mol. The maximum atomic E-state index is 7.62. The van der Waals surface area contributed by atoms with Crippen molar-refractivity contribution in [3.8, 4) is 0 Å². The van der Waals surface area contributed by atoms with Crippen molar-refractivity contribution in [3.63, 3.8) is 0 Å². The van der Waals surface area contributed by atoms with Crippen LogP contribution in [0.1, 0.15) is 59.9 Å². The van der Waals surface area contributed by atoms with Gasteiger partial charge in [-0.05, 0) is 24.5 Å². The Labute approximate surface area is 162 Å². The molecule has 1 aliphatic carbocycles. The van der Waals surface area contributed by atoms with Crippen LogP contribution in [0.5, 0.6) is 0 Å². The van der Waals surface area contributed by atoms with E-state index in [9.17, 15) is 0 Å². The molecule has 1 aliphatic heterocycles. The van der Waals surface area contributed by atoms with Crippen molar-refractivity contribution in [3.05, 3.63) is 66.2 Å². The first-order valence-corrected chi connectivity index (χ1v) is 9.98. The minimum Gasteiger partial charge on any atom is -0.385 e. The van der Waals surface area contributed by atoms with Crippen LogP contribution in [0.15, 0.2) is 60.7 Å². The van der Waals surface area contributed by atoms with Crippen molar-refractivity contribution in [1.29, 1.82) is 0 Å². The topological polar surface area (TPSA) is 44.3 Å². The summed E-state index contributed by atoms with van der Waals surface area (Å²) in [4.78, 5) is 0. The SMILES string of the molecule is C1CC1.CCC.CCNO.[HH].c1ccc2c(c1)CCCN2.c1ccccc1.